The molecule has 0 fully saturated rings. The molecule has 0 unspecified atom stereocenters. The summed E-state index contributed by atoms with van der Waals surface area (Å²) in [5.41, 5.74) is 6.78. The van der Waals surface area contributed by atoms with E-state index in [0.29, 0.717) is 6.54 Å². The van der Waals surface area contributed by atoms with E-state index in [0.717, 1.165) is 23.8 Å². The zero-order valence-corrected chi connectivity index (χ0v) is 11.2. The Hall–Kier alpha value is -0.710. The van der Waals surface area contributed by atoms with E-state index in [-0.39, 0.29) is 5.54 Å². The van der Waals surface area contributed by atoms with Crippen molar-refractivity contribution in [2.45, 2.75) is 39.4 Å². The van der Waals surface area contributed by atoms with Crippen molar-refractivity contribution in [1.29, 1.82) is 0 Å². The maximum atomic E-state index is 5.56. The van der Waals surface area contributed by atoms with Crippen LogP contribution in [0.5, 0.6) is 0 Å². The van der Waals surface area contributed by atoms with Crippen molar-refractivity contribution in [1.82, 2.24) is 9.88 Å². The summed E-state index contributed by atoms with van der Waals surface area (Å²) in [5, 5.41) is 3.09. The predicted molar refractivity (Wildman–Crippen MR) is 70.4 cm³/mol. The fraction of sp³-hybridized carbons (Fsp3) is 0.583. The van der Waals surface area contributed by atoms with Gasteiger partial charge in [-0.2, -0.15) is 0 Å². The molecule has 4 heteroatoms. The summed E-state index contributed by atoms with van der Waals surface area (Å²) in [6.07, 6.45) is 1.93. The lowest BCUT2D eigenvalue weighted by atomic mass is 10.1. The third-order valence-corrected chi connectivity index (χ3v) is 3.34. The highest BCUT2D eigenvalue weighted by Crippen LogP contribution is 2.18. The Morgan fingerprint density at radius 1 is 1.56 bits per heavy atom. The fourth-order valence-electron chi connectivity index (χ4n) is 1.44. The van der Waals surface area contributed by atoms with Crippen LogP contribution in [-0.2, 0) is 13.1 Å². The zero-order valence-electron chi connectivity index (χ0n) is 10.4. The number of nitrogens with two attached hydrogens (primary N) is 1. The van der Waals surface area contributed by atoms with E-state index < -0.39 is 0 Å². The number of hydrogen-bond donors (Lipinski definition) is 1. The lowest BCUT2D eigenvalue weighted by molar-refractivity contribution is 0.144. The van der Waals surface area contributed by atoms with Crippen LogP contribution < -0.4 is 5.73 Å². The van der Waals surface area contributed by atoms with E-state index in [1.54, 1.807) is 11.3 Å². The SMILES string of the molecule is C=CCN(Cc1csc(CN)n1)C(C)(C)C. The van der Waals surface area contributed by atoms with Crippen LogP contribution in [0, 0.1) is 0 Å². The van der Waals surface area contributed by atoms with Crippen molar-refractivity contribution in [3.63, 3.8) is 0 Å². The van der Waals surface area contributed by atoms with Crippen molar-refractivity contribution in [2.75, 3.05) is 6.54 Å². The van der Waals surface area contributed by atoms with E-state index in [4.69, 9.17) is 5.73 Å². The number of rotatable bonds is 5. The molecule has 1 heterocycles. The van der Waals surface area contributed by atoms with Gasteiger partial charge in [-0.1, -0.05) is 6.08 Å². The molecule has 1 aromatic heterocycles. The lowest BCUT2D eigenvalue weighted by Gasteiger charge is -2.34. The van der Waals surface area contributed by atoms with Gasteiger partial charge in [0.2, 0.25) is 0 Å². The maximum Gasteiger partial charge on any atom is 0.106 e. The molecule has 1 rings (SSSR count). The predicted octanol–water partition coefficient (Wildman–Crippen LogP) is 2.39. The topological polar surface area (TPSA) is 42.1 Å². The van der Waals surface area contributed by atoms with Gasteiger partial charge in [0.15, 0.2) is 0 Å². The highest BCUT2D eigenvalue weighted by molar-refractivity contribution is 7.09. The largest absolute Gasteiger partial charge is 0.325 e. The second-order valence-electron chi connectivity index (χ2n) is 4.78. The average Bonchev–Trinajstić information content (AvgIpc) is 2.63. The Labute approximate surface area is 102 Å². The number of hydrogen-bond acceptors (Lipinski definition) is 4. The summed E-state index contributed by atoms with van der Waals surface area (Å²) >= 11 is 1.63. The van der Waals surface area contributed by atoms with Gasteiger partial charge in [-0.3, -0.25) is 4.90 Å². The molecule has 0 saturated carbocycles. The minimum Gasteiger partial charge on any atom is -0.325 e. The van der Waals surface area contributed by atoms with Crippen LogP contribution in [0.3, 0.4) is 0 Å². The minimum atomic E-state index is 0.126. The summed E-state index contributed by atoms with van der Waals surface area (Å²) < 4.78 is 0. The molecule has 0 saturated heterocycles. The van der Waals surface area contributed by atoms with Crippen LogP contribution >= 0.6 is 11.3 Å². The molecule has 16 heavy (non-hydrogen) atoms. The third-order valence-electron chi connectivity index (χ3n) is 2.42. The molecular weight excluding hydrogens is 218 g/mol. The van der Waals surface area contributed by atoms with Gasteiger partial charge in [-0.25, -0.2) is 4.98 Å². The molecule has 2 N–H and O–H groups in total. The van der Waals surface area contributed by atoms with Gasteiger partial charge in [-0.05, 0) is 20.8 Å². The molecule has 0 amide bonds. The Bertz CT molecular complexity index is 338. The Kier molecular flexibility index (Phi) is 4.65. The van der Waals surface area contributed by atoms with Gasteiger partial charge in [0.25, 0.3) is 0 Å². The molecule has 90 valence electrons. The van der Waals surface area contributed by atoms with Crippen LogP contribution in [0.2, 0.25) is 0 Å². The molecule has 0 radical (unpaired) electrons. The second kappa shape index (κ2) is 5.57. The Balaban J connectivity index is 2.71. The Morgan fingerprint density at radius 3 is 2.69 bits per heavy atom. The average molecular weight is 239 g/mol. The van der Waals surface area contributed by atoms with Gasteiger partial charge < -0.3 is 5.73 Å². The second-order valence-corrected chi connectivity index (χ2v) is 5.72. The number of thiazole rings is 1. The van der Waals surface area contributed by atoms with Gasteiger partial charge in [0.05, 0.1) is 5.69 Å². The molecule has 0 aromatic carbocycles. The van der Waals surface area contributed by atoms with Gasteiger partial charge in [0.1, 0.15) is 5.01 Å². The highest BCUT2D eigenvalue weighted by atomic mass is 32.1. The van der Waals surface area contributed by atoms with Crippen LogP contribution in [0.4, 0.5) is 0 Å². The fourth-order valence-corrected chi connectivity index (χ4v) is 2.11. The van der Waals surface area contributed by atoms with Crippen molar-refractivity contribution in [3.8, 4) is 0 Å². The summed E-state index contributed by atoms with van der Waals surface area (Å²) in [5.74, 6) is 0. The van der Waals surface area contributed by atoms with E-state index in [1.165, 1.54) is 0 Å². The van der Waals surface area contributed by atoms with Crippen LogP contribution in [0.1, 0.15) is 31.5 Å². The first-order valence-electron chi connectivity index (χ1n) is 5.46. The molecule has 0 spiro atoms. The highest BCUT2D eigenvalue weighted by Gasteiger charge is 2.20. The minimum absolute atomic E-state index is 0.126. The standard InChI is InChI=1S/C12H21N3S/c1-5-6-15(12(2,3)4)8-10-9-16-11(7-13)14-10/h5,9H,1,6-8,13H2,2-4H3. The quantitative estimate of drug-likeness (QED) is 0.802. The summed E-state index contributed by atoms with van der Waals surface area (Å²) in [7, 11) is 0. The molecular formula is C12H21N3S. The molecule has 0 aliphatic heterocycles. The van der Waals surface area contributed by atoms with Crippen molar-refractivity contribution >= 4 is 11.3 Å². The smallest absolute Gasteiger partial charge is 0.106 e. The molecule has 3 nitrogen and oxygen atoms in total. The first-order chi connectivity index (χ1) is 7.47. The molecule has 0 aliphatic carbocycles. The van der Waals surface area contributed by atoms with Crippen molar-refractivity contribution in [2.24, 2.45) is 5.73 Å². The maximum absolute atomic E-state index is 5.56. The third kappa shape index (κ3) is 3.70. The summed E-state index contributed by atoms with van der Waals surface area (Å²) in [4.78, 5) is 6.82. The van der Waals surface area contributed by atoms with E-state index >= 15 is 0 Å². The van der Waals surface area contributed by atoms with Crippen molar-refractivity contribution in [3.05, 3.63) is 28.7 Å². The van der Waals surface area contributed by atoms with Crippen LogP contribution in [-0.4, -0.2) is 22.0 Å². The monoisotopic (exact) mass is 239 g/mol. The summed E-state index contributed by atoms with van der Waals surface area (Å²) in [6.45, 7) is 12.7. The Morgan fingerprint density at radius 2 is 2.25 bits per heavy atom. The molecule has 0 atom stereocenters. The number of aromatic nitrogens is 1. The first kappa shape index (κ1) is 13.4. The molecule has 0 bridgehead atoms. The number of nitrogens with zero attached hydrogens (tertiary/aromatic N) is 2. The van der Waals surface area contributed by atoms with E-state index in [1.807, 2.05) is 6.08 Å². The summed E-state index contributed by atoms with van der Waals surface area (Å²) in [6, 6.07) is 0. The van der Waals surface area contributed by atoms with Gasteiger partial charge in [0, 0.05) is 30.6 Å². The molecule has 0 aliphatic rings. The van der Waals surface area contributed by atoms with Gasteiger partial charge in [-0.15, -0.1) is 17.9 Å². The van der Waals surface area contributed by atoms with Crippen LogP contribution in [0.15, 0.2) is 18.0 Å². The first-order valence-corrected chi connectivity index (χ1v) is 6.34. The zero-order chi connectivity index (χ0) is 12.2. The van der Waals surface area contributed by atoms with E-state index in [2.05, 4.69) is 42.6 Å². The van der Waals surface area contributed by atoms with E-state index in [9.17, 15) is 0 Å². The van der Waals surface area contributed by atoms with Crippen molar-refractivity contribution < 1.29 is 0 Å². The molecule has 1 aromatic rings. The van der Waals surface area contributed by atoms with Gasteiger partial charge >= 0.3 is 0 Å². The normalized spacial score (nSPS) is 12.1. The lowest BCUT2D eigenvalue weighted by Crippen LogP contribution is -2.40. The van der Waals surface area contributed by atoms with Crippen LogP contribution in [0.25, 0.3) is 0 Å².